The maximum atomic E-state index is 13.4. The lowest BCUT2D eigenvalue weighted by Gasteiger charge is -2.12. The minimum atomic E-state index is -0.519. The van der Waals surface area contributed by atoms with Crippen molar-refractivity contribution in [2.75, 3.05) is 16.4 Å². The van der Waals surface area contributed by atoms with Gasteiger partial charge in [0.15, 0.2) is 5.13 Å². The molecule has 0 aliphatic rings. The number of carbonyl (C=O) groups is 3. The highest BCUT2D eigenvalue weighted by Crippen LogP contribution is 2.27. The van der Waals surface area contributed by atoms with E-state index in [1.807, 2.05) is 23.6 Å². The topological polar surface area (TPSA) is 100 Å². The van der Waals surface area contributed by atoms with Crippen molar-refractivity contribution in [2.24, 2.45) is 0 Å². The van der Waals surface area contributed by atoms with Crippen LogP contribution in [0.3, 0.4) is 0 Å². The summed E-state index contributed by atoms with van der Waals surface area (Å²) in [5.74, 6) is -1.02. The Bertz CT molecular complexity index is 1830. The van der Waals surface area contributed by atoms with E-state index in [2.05, 4.69) is 20.9 Å². The molecule has 220 valence electrons. The van der Waals surface area contributed by atoms with Crippen LogP contribution in [0.2, 0.25) is 10.0 Å². The minimum Gasteiger partial charge on any atom is -0.321 e. The third kappa shape index (κ3) is 8.81. The number of amides is 3. The van der Waals surface area contributed by atoms with Crippen molar-refractivity contribution in [1.29, 1.82) is 0 Å². The lowest BCUT2D eigenvalue weighted by molar-refractivity contribution is -0.114. The van der Waals surface area contributed by atoms with Gasteiger partial charge >= 0.3 is 0 Å². The Kier molecular flexibility index (Phi) is 10.5. The molecule has 0 unspecified atom stereocenters. The van der Waals surface area contributed by atoms with E-state index in [1.165, 1.54) is 23.1 Å². The average molecular weight is 660 g/mol. The van der Waals surface area contributed by atoms with E-state index < -0.39 is 11.8 Å². The van der Waals surface area contributed by atoms with Crippen LogP contribution in [-0.4, -0.2) is 28.5 Å². The van der Waals surface area contributed by atoms with Gasteiger partial charge in [0.05, 0.1) is 11.4 Å². The van der Waals surface area contributed by atoms with Crippen molar-refractivity contribution in [3.8, 4) is 11.3 Å². The largest absolute Gasteiger partial charge is 0.321 e. The first-order valence-electron chi connectivity index (χ1n) is 13.2. The van der Waals surface area contributed by atoms with E-state index in [0.717, 1.165) is 16.2 Å². The van der Waals surface area contributed by atoms with Gasteiger partial charge in [-0.25, -0.2) is 4.98 Å². The summed E-state index contributed by atoms with van der Waals surface area (Å²) >= 11 is 14.7. The van der Waals surface area contributed by atoms with E-state index in [4.69, 9.17) is 23.2 Å². The molecule has 5 rings (SSSR count). The standard InChI is InChI=1S/C33H24Cl2N4O3S2/c34-24-14-12-22(13-15-24)29-19-44-33(38-29)39-30(40)20-43-27-11-5-10-26(18-27)36-32(42)28(17-21-6-4-9-25(35)16-21)37-31(41)23-7-2-1-3-8-23/h1-19H,20H2,(H,36,42)(H,37,41)(H,38,39,40)/b28-17-. The summed E-state index contributed by atoms with van der Waals surface area (Å²) in [5.41, 5.74) is 3.25. The zero-order valence-electron chi connectivity index (χ0n) is 22.9. The molecule has 3 amide bonds. The van der Waals surface area contributed by atoms with Crippen molar-refractivity contribution in [2.45, 2.75) is 4.90 Å². The van der Waals surface area contributed by atoms with Crippen LogP contribution < -0.4 is 16.0 Å². The van der Waals surface area contributed by atoms with Crippen molar-refractivity contribution in [3.05, 3.63) is 135 Å². The number of halogens is 2. The molecule has 0 aliphatic heterocycles. The molecule has 44 heavy (non-hydrogen) atoms. The molecule has 0 fully saturated rings. The Morgan fingerprint density at radius 3 is 2.36 bits per heavy atom. The number of hydrogen-bond donors (Lipinski definition) is 3. The van der Waals surface area contributed by atoms with Gasteiger partial charge in [-0.05, 0) is 66.2 Å². The third-order valence-corrected chi connectivity index (χ3v) is 8.28. The normalized spacial score (nSPS) is 11.1. The Hall–Kier alpha value is -4.41. The monoisotopic (exact) mass is 658 g/mol. The van der Waals surface area contributed by atoms with Crippen LogP contribution in [0.25, 0.3) is 17.3 Å². The van der Waals surface area contributed by atoms with Gasteiger partial charge in [0.1, 0.15) is 5.70 Å². The van der Waals surface area contributed by atoms with Crippen LogP contribution in [0.5, 0.6) is 0 Å². The number of anilines is 2. The summed E-state index contributed by atoms with van der Waals surface area (Å²) in [6, 6.07) is 30.0. The molecule has 7 nitrogen and oxygen atoms in total. The lowest BCUT2D eigenvalue weighted by Crippen LogP contribution is -2.30. The first kappa shape index (κ1) is 31.0. The predicted octanol–water partition coefficient (Wildman–Crippen LogP) is 8.26. The number of benzene rings is 4. The average Bonchev–Trinajstić information content (AvgIpc) is 3.49. The maximum Gasteiger partial charge on any atom is 0.272 e. The fraction of sp³-hybridized carbons (Fsp3) is 0.0303. The third-order valence-electron chi connectivity index (χ3n) is 6.04. The molecular weight excluding hydrogens is 635 g/mol. The molecule has 0 atom stereocenters. The van der Waals surface area contributed by atoms with E-state index in [1.54, 1.807) is 91.0 Å². The highest BCUT2D eigenvalue weighted by molar-refractivity contribution is 8.00. The molecule has 0 spiro atoms. The van der Waals surface area contributed by atoms with Crippen LogP contribution >= 0.6 is 46.3 Å². The van der Waals surface area contributed by atoms with Gasteiger partial charge in [-0.1, -0.05) is 71.7 Å². The molecule has 4 aromatic carbocycles. The summed E-state index contributed by atoms with van der Waals surface area (Å²) in [5, 5.41) is 11.9. The number of hydrogen-bond acceptors (Lipinski definition) is 6. The van der Waals surface area contributed by atoms with Gasteiger partial charge in [0, 0.05) is 37.1 Å². The summed E-state index contributed by atoms with van der Waals surface area (Å²) in [6.45, 7) is 0. The molecule has 5 aromatic rings. The van der Waals surface area contributed by atoms with Crippen molar-refractivity contribution in [1.82, 2.24) is 10.3 Å². The van der Waals surface area contributed by atoms with Crippen LogP contribution in [0, 0.1) is 0 Å². The van der Waals surface area contributed by atoms with Crippen molar-refractivity contribution in [3.63, 3.8) is 0 Å². The van der Waals surface area contributed by atoms with Crippen LogP contribution in [0.1, 0.15) is 15.9 Å². The highest BCUT2D eigenvalue weighted by Gasteiger charge is 2.16. The van der Waals surface area contributed by atoms with Gasteiger partial charge < -0.3 is 16.0 Å². The second kappa shape index (κ2) is 14.9. The Morgan fingerprint density at radius 2 is 1.59 bits per heavy atom. The number of nitrogens with zero attached hydrogens (tertiary/aromatic N) is 1. The second-order valence-electron chi connectivity index (χ2n) is 9.30. The zero-order valence-corrected chi connectivity index (χ0v) is 26.1. The Labute approximate surface area is 272 Å². The highest BCUT2D eigenvalue weighted by atomic mass is 35.5. The van der Waals surface area contributed by atoms with Crippen molar-refractivity contribution < 1.29 is 14.4 Å². The molecular formula is C33H24Cl2N4O3S2. The SMILES string of the molecule is O=C(CSc1cccc(NC(=O)/C(=C/c2cccc(Cl)c2)NC(=O)c2ccccc2)c1)Nc1nc(-c2ccc(Cl)cc2)cs1. The number of thioether (sulfide) groups is 1. The molecule has 0 aliphatic carbocycles. The Balaban J connectivity index is 1.22. The van der Waals surface area contributed by atoms with Gasteiger partial charge in [-0.3, -0.25) is 14.4 Å². The number of nitrogens with one attached hydrogen (secondary N) is 3. The van der Waals surface area contributed by atoms with Gasteiger partial charge in [0.25, 0.3) is 11.8 Å². The van der Waals surface area contributed by atoms with Gasteiger partial charge in [-0.2, -0.15) is 0 Å². The van der Waals surface area contributed by atoms with Crippen molar-refractivity contribution >= 4 is 80.9 Å². The molecule has 1 heterocycles. The van der Waals surface area contributed by atoms with Crippen LogP contribution in [-0.2, 0) is 9.59 Å². The first-order valence-corrected chi connectivity index (χ1v) is 15.8. The van der Waals surface area contributed by atoms with E-state index in [0.29, 0.717) is 32.0 Å². The number of aromatic nitrogens is 1. The number of thiazole rings is 1. The van der Waals surface area contributed by atoms with Crippen LogP contribution in [0.4, 0.5) is 10.8 Å². The zero-order chi connectivity index (χ0) is 30.9. The maximum absolute atomic E-state index is 13.4. The second-order valence-corrected chi connectivity index (χ2v) is 12.1. The predicted molar refractivity (Wildman–Crippen MR) is 180 cm³/mol. The lowest BCUT2D eigenvalue weighted by atomic mass is 10.1. The molecule has 0 saturated carbocycles. The molecule has 0 radical (unpaired) electrons. The van der Waals surface area contributed by atoms with Gasteiger partial charge in [-0.15, -0.1) is 23.1 Å². The number of carbonyl (C=O) groups excluding carboxylic acids is 3. The first-order chi connectivity index (χ1) is 21.3. The molecule has 1 aromatic heterocycles. The van der Waals surface area contributed by atoms with E-state index in [-0.39, 0.29) is 17.4 Å². The summed E-state index contributed by atoms with van der Waals surface area (Å²) in [7, 11) is 0. The Morgan fingerprint density at radius 1 is 0.818 bits per heavy atom. The minimum absolute atomic E-state index is 0.0416. The number of rotatable bonds is 10. The molecule has 3 N–H and O–H groups in total. The van der Waals surface area contributed by atoms with E-state index >= 15 is 0 Å². The fourth-order valence-corrected chi connectivity index (χ4v) is 5.77. The summed E-state index contributed by atoms with van der Waals surface area (Å²) in [4.78, 5) is 44.1. The molecule has 11 heteroatoms. The fourth-order valence-electron chi connectivity index (χ4n) is 3.96. The van der Waals surface area contributed by atoms with Crippen LogP contribution in [0.15, 0.2) is 119 Å². The molecule has 0 bridgehead atoms. The summed E-state index contributed by atoms with van der Waals surface area (Å²) in [6.07, 6.45) is 1.56. The smallest absolute Gasteiger partial charge is 0.272 e. The summed E-state index contributed by atoms with van der Waals surface area (Å²) < 4.78 is 0. The molecule has 0 saturated heterocycles. The van der Waals surface area contributed by atoms with E-state index in [9.17, 15) is 14.4 Å². The quantitative estimate of drug-likeness (QED) is 0.104. The van der Waals surface area contributed by atoms with Gasteiger partial charge in [0.2, 0.25) is 5.91 Å².